The molecule has 1 unspecified atom stereocenters. The number of nitrogens with zero attached hydrogens (tertiary/aromatic N) is 3. The van der Waals surface area contributed by atoms with Gasteiger partial charge in [0.05, 0.1) is 0 Å². The number of benzene rings is 2. The van der Waals surface area contributed by atoms with E-state index in [1.165, 1.54) is 0 Å². The summed E-state index contributed by atoms with van der Waals surface area (Å²) in [6.07, 6.45) is 3.82. The standard InChI is InChI=1S/C24H27N7O2/c1-25-24(27-15-18-13-22(32)30-21-9-3-2-8-20(18)21)26-14-17-6-4-7-19(12-17)29-23(33)16-31-11-5-10-28-31/h2-12,18H,13-16H2,1H3,(H,29,33)(H,30,32)(H2,25,26,27). The van der Waals surface area contributed by atoms with Crippen LogP contribution >= 0.6 is 0 Å². The molecule has 1 atom stereocenters. The van der Waals surface area contributed by atoms with Gasteiger partial charge in [0, 0.05) is 56.2 Å². The summed E-state index contributed by atoms with van der Waals surface area (Å²) in [7, 11) is 1.71. The molecule has 0 aliphatic carbocycles. The zero-order valence-corrected chi connectivity index (χ0v) is 18.4. The van der Waals surface area contributed by atoms with Crippen molar-refractivity contribution in [2.45, 2.75) is 25.4 Å². The first-order chi connectivity index (χ1) is 16.1. The molecule has 9 nitrogen and oxygen atoms in total. The van der Waals surface area contributed by atoms with E-state index in [0.717, 1.165) is 22.5 Å². The molecule has 1 aliphatic heterocycles. The monoisotopic (exact) mass is 445 g/mol. The predicted molar refractivity (Wildman–Crippen MR) is 128 cm³/mol. The Morgan fingerprint density at radius 1 is 1.18 bits per heavy atom. The van der Waals surface area contributed by atoms with Gasteiger partial charge in [0.25, 0.3) is 0 Å². The zero-order chi connectivity index (χ0) is 23.0. The fourth-order valence-corrected chi connectivity index (χ4v) is 3.81. The van der Waals surface area contributed by atoms with Crippen molar-refractivity contribution in [2.75, 3.05) is 24.2 Å². The number of para-hydroxylation sites is 1. The Hall–Kier alpha value is -4.14. The lowest BCUT2D eigenvalue weighted by Crippen LogP contribution is -2.40. The van der Waals surface area contributed by atoms with Crippen LogP contribution in [0.1, 0.15) is 23.5 Å². The first-order valence-electron chi connectivity index (χ1n) is 10.8. The number of anilines is 2. The maximum Gasteiger partial charge on any atom is 0.246 e. The Labute approximate surface area is 192 Å². The van der Waals surface area contributed by atoms with Crippen molar-refractivity contribution < 1.29 is 9.59 Å². The average molecular weight is 446 g/mol. The lowest BCUT2D eigenvalue weighted by atomic mass is 9.90. The summed E-state index contributed by atoms with van der Waals surface area (Å²) in [5.74, 6) is 0.598. The Bertz CT molecular complexity index is 1140. The minimum Gasteiger partial charge on any atom is -0.356 e. The van der Waals surface area contributed by atoms with Gasteiger partial charge >= 0.3 is 0 Å². The van der Waals surface area contributed by atoms with E-state index in [1.54, 1.807) is 30.2 Å². The molecule has 0 fully saturated rings. The van der Waals surface area contributed by atoms with Crippen molar-refractivity contribution in [3.05, 3.63) is 78.1 Å². The average Bonchev–Trinajstić information content (AvgIpc) is 3.32. The van der Waals surface area contributed by atoms with Gasteiger partial charge in [-0.15, -0.1) is 0 Å². The number of rotatable bonds is 7. The summed E-state index contributed by atoms with van der Waals surface area (Å²) in [6, 6.07) is 17.3. The molecule has 2 heterocycles. The highest BCUT2D eigenvalue weighted by Crippen LogP contribution is 2.31. The van der Waals surface area contributed by atoms with Crippen LogP contribution < -0.4 is 21.3 Å². The summed E-state index contributed by atoms with van der Waals surface area (Å²) >= 11 is 0. The second kappa shape index (κ2) is 10.4. The highest BCUT2D eigenvalue weighted by Gasteiger charge is 2.24. The zero-order valence-electron chi connectivity index (χ0n) is 18.4. The Morgan fingerprint density at radius 3 is 2.88 bits per heavy atom. The molecule has 1 aliphatic rings. The highest BCUT2D eigenvalue weighted by atomic mass is 16.2. The largest absolute Gasteiger partial charge is 0.356 e. The van der Waals surface area contributed by atoms with Gasteiger partial charge in [-0.2, -0.15) is 5.10 Å². The summed E-state index contributed by atoms with van der Waals surface area (Å²) in [5, 5.41) is 16.5. The third kappa shape index (κ3) is 5.97. The van der Waals surface area contributed by atoms with Crippen LogP contribution in [0.25, 0.3) is 0 Å². The topological polar surface area (TPSA) is 112 Å². The summed E-state index contributed by atoms with van der Waals surface area (Å²) in [4.78, 5) is 28.5. The fraction of sp³-hybridized carbons (Fsp3) is 0.250. The van der Waals surface area contributed by atoms with Crippen LogP contribution in [-0.2, 0) is 22.7 Å². The van der Waals surface area contributed by atoms with Gasteiger partial charge in [0.1, 0.15) is 6.54 Å². The van der Waals surface area contributed by atoms with Crippen molar-refractivity contribution in [1.82, 2.24) is 20.4 Å². The fourth-order valence-electron chi connectivity index (χ4n) is 3.81. The molecular weight excluding hydrogens is 418 g/mol. The molecule has 0 saturated carbocycles. The van der Waals surface area contributed by atoms with Crippen LogP contribution in [0.3, 0.4) is 0 Å². The van der Waals surface area contributed by atoms with Crippen molar-refractivity contribution in [2.24, 2.45) is 4.99 Å². The van der Waals surface area contributed by atoms with Gasteiger partial charge in [-0.25, -0.2) is 0 Å². The minimum absolute atomic E-state index is 0.0230. The van der Waals surface area contributed by atoms with Gasteiger partial charge < -0.3 is 21.3 Å². The van der Waals surface area contributed by atoms with Crippen LogP contribution in [0.15, 0.2) is 72.0 Å². The lowest BCUT2D eigenvalue weighted by Gasteiger charge is -2.26. The Kier molecular flexibility index (Phi) is 6.99. The van der Waals surface area contributed by atoms with Crippen LogP contribution in [0.5, 0.6) is 0 Å². The quantitative estimate of drug-likeness (QED) is 0.329. The Balaban J connectivity index is 1.30. The summed E-state index contributed by atoms with van der Waals surface area (Å²) < 4.78 is 1.57. The second-order valence-corrected chi connectivity index (χ2v) is 7.80. The maximum absolute atomic E-state index is 12.2. The number of carbonyl (C=O) groups is 2. The number of hydrogen-bond acceptors (Lipinski definition) is 4. The molecule has 2 amide bonds. The highest BCUT2D eigenvalue weighted by molar-refractivity contribution is 5.95. The molecule has 4 N–H and O–H groups in total. The van der Waals surface area contributed by atoms with Gasteiger partial charge in [-0.3, -0.25) is 19.3 Å². The van der Waals surface area contributed by atoms with Gasteiger partial charge in [0.2, 0.25) is 11.8 Å². The number of aromatic nitrogens is 2. The first kappa shape index (κ1) is 22.1. The number of nitrogens with one attached hydrogen (secondary N) is 4. The van der Waals surface area contributed by atoms with Crippen molar-refractivity contribution in [3.8, 4) is 0 Å². The number of fused-ring (bicyclic) bond motifs is 1. The number of aliphatic imine (C=N–C) groups is 1. The lowest BCUT2D eigenvalue weighted by molar-refractivity contribution is -0.117. The molecular formula is C24H27N7O2. The molecule has 170 valence electrons. The molecule has 0 spiro atoms. The number of guanidine groups is 1. The van der Waals surface area contributed by atoms with E-state index in [4.69, 9.17) is 0 Å². The maximum atomic E-state index is 12.2. The predicted octanol–water partition coefficient (Wildman–Crippen LogP) is 2.31. The third-order valence-electron chi connectivity index (χ3n) is 5.38. The molecule has 33 heavy (non-hydrogen) atoms. The minimum atomic E-state index is -0.141. The first-order valence-corrected chi connectivity index (χ1v) is 10.8. The van der Waals surface area contributed by atoms with E-state index in [2.05, 4.69) is 31.4 Å². The van der Waals surface area contributed by atoms with Crippen LogP contribution in [0.4, 0.5) is 11.4 Å². The molecule has 9 heteroatoms. The van der Waals surface area contributed by atoms with Crippen molar-refractivity contribution in [3.63, 3.8) is 0 Å². The van der Waals surface area contributed by atoms with Gasteiger partial charge in [-0.05, 0) is 35.4 Å². The van der Waals surface area contributed by atoms with Crippen molar-refractivity contribution >= 4 is 29.1 Å². The summed E-state index contributed by atoms with van der Waals surface area (Å²) in [6.45, 7) is 1.28. The van der Waals surface area contributed by atoms with Gasteiger partial charge in [0.15, 0.2) is 5.96 Å². The SMILES string of the molecule is CN=C(NCc1cccc(NC(=O)Cn2cccn2)c1)NCC1CC(=O)Nc2ccccc21. The van der Waals surface area contributed by atoms with Crippen molar-refractivity contribution in [1.29, 1.82) is 0 Å². The second-order valence-electron chi connectivity index (χ2n) is 7.80. The van der Waals surface area contributed by atoms with E-state index in [1.807, 2.05) is 48.5 Å². The van der Waals surface area contributed by atoms with E-state index in [0.29, 0.717) is 25.5 Å². The van der Waals surface area contributed by atoms with E-state index >= 15 is 0 Å². The van der Waals surface area contributed by atoms with Gasteiger partial charge in [-0.1, -0.05) is 30.3 Å². The molecule has 0 radical (unpaired) electrons. The molecule has 1 aromatic heterocycles. The number of carbonyl (C=O) groups excluding carboxylic acids is 2. The molecule has 3 aromatic rings. The number of hydrogen-bond donors (Lipinski definition) is 4. The third-order valence-corrected chi connectivity index (χ3v) is 5.38. The van der Waals surface area contributed by atoms with Crippen LogP contribution in [0.2, 0.25) is 0 Å². The Morgan fingerprint density at radius 2 is 2.06 bits per heavy atom. The smallest absolute Gasteiger partial charge is 0.246 e. The summed E-state index contributed by atoms with van der Waals surface area (Å²) in [5.41, 5.74) is 3.71. The molecule has 2 aromatic carbocycles. The molecule has 0 bridgehead atoms. The normalized spacial score (nSPS) is 15.4. The van der Waals surface area contributed by atoms with E-state index in [-0.39, 0.29) is 24.3 Å². The number of amides is 2. The molecule has 0 saturated heterocycles. The van der Waals surface area contributed by atoms with Crippen LogP contribution in [0, 0.1) is 0 Å². The van der Waals surface area contributed by atoms with E-state index < -0.39 is 0 Å². The van der Waals surface area contributed by atoms with E-state index in [9.17, 15) is 9.59 Å². The van der Waals surface area contributed by atoms with Crippen LogP contribution in [-0.4, -0.2) is 41.1 Å². The molecule has 4 rings (SSSR count).